The smallest absolute Gasteiger partial charge is 0.253 e. The number of aromatic nitrogens is 3. The predicted molar refractivity (Wildman–Crippen MR) is 113 cm³/mol. The lowest BCUT2D eigenvalue weighted by Gasteiger charge is -2.32. The maximum Gasteiger partial charge on any atom is 0.253 e. The van der Waals surface area contributed by atoms with Gasteiger partial charge in [-0.2, -0.15) is 0 Å². The molecule has 1 fully saturated rings. The molecule has 3 heterocycles. The molecule has 0 spiro atoms. The van der Waals surface area contributed by atoms with Gasteiger partial charge in [0.15, 0.2) is 0 Å². The van der Waals surface area contributed by atoms with Gasteiger partial charge in [0.05, 0.1) is 11.3 Å². The fourth-order valence-electron chi connectivity index (χ4n) is 3.76. The van der Waals surface area contributed by atoms with E-state index >= 15 is 0 Å². The number of aryl methyl sites for hydroxylation is 1. The summed E-state index contributed by atoms with van der Waals surface area (Å²) in [4.78, 5) is 27.0. The first-order valence-electron chi connectivity index (χ1n) is 10.4. The predicted octanol–water partition coefficient (Wildman–Crippen LogP) is 3.57. The summed E-state index contributed by atoms with van der Waals surface area (Å²) in [5, 5.41) is 3.12. The first kappa shape index (κ1) is 20.2. The van der Waals surface area contributed by atoms with Gasteiger partial charge in [0.25, 0.3) is 5.91 Å². The van der Waals surface area contributed by atoms with Crippen LogP contribution in [0, 0.1) is 5.82 Å². The molecule has 2 aromatic heterocycles. The Morgan fingerprint density at radius 2 is 2.03 bits per heavy atom. The summed E-state index contributed by atoms with van der Waals surface area (Å²) < 4.78 is 13.4. The van der Waals surface area contributed by atoms with Crippen LogP contribution in [0.3, 0.4) is 0 Å². The molecule has 2 N–H and O–H groups in total. The quantitative estimate of drug-likeness (QED) is 0.655. The zero-order chi connectivity index (χ0) is 20.9. The topological polar surface area (TPSA) is 73.9 Å². The van der Waals surface area contributed by atoms with Gasteiger partial charge in [-0.15, -0.1) is 0 Å². The van der Waals surface area contributed by atoms with Gasteiger partial charge in [0, 0.05) is 55.7 Å². The second kappa shape index (κ2) is 9.17. The van der Waals surface area contributed by atoms with E-state index in [1.54, 1.807) is 30.5 Å². The molecule has 1 aliphatic heterocycles. The minimum atomic E-state index is -0.305. The van der Waals surface area contributed by atoms with Gasteiger partial charge in [-0.1, -0.05) is 19.1 Å². The molecule has 156 valence electrons. The Hall–Kier alpha value is -3.06. The highest BCUT2D eigenvalue weighted by Crippen LogP contribution is 2.18. The van der Waals surface area contributed by atoms with Crippen molar-refractivity contribution in [1.29, 1.82) is 0 Å². The van der Waals surface area contributed by atoms with E-state index in [9.17, 15) is 9.18 Å². The van der Waals surface area contributed by atoms with Crippen LogP contribution in [-0.2, 0) is 13.0 Å². The number of carbonyl (C=O) groups is 1. The lowest BCUT2D eigenvalue weighted by molar-refractivity contribution is 0.0908. The molecule has 4 rings (SSSR count). The van der Waals surface area contributed by atoms with Crippen LogP contribution >= 0.6 is 0 Å². The number of benzene rings is 1. The second-order valence-corrected chi connectivity index (χ2v) is 7.68. The third-order valence-electron chi connectivity index (χ3n) is 5.48. The van der Waals surface area contributed by atoms with E-state index in [2.05, 4.69) is 32.1 Å². The second-order valence-electron chi connectivity index (χ2n) is 7.68. The molecule has 6 nitrogen and oxygen atoms in total. The number of pyridine rings is 1. The average molecular weight is 407 g/mol. The lowest BCUT2D eigenvalue weighted by atomic mass is 10.0. The van der Waals surface area contributed by atoms with Crippen molar-refractivity contribution in [3.63, 3.8) is 0 Å². The number of rotatable bonds is 6. The molecule has 1 amide bonds. The minimum Gasteiger partial charge on any atom is -0.349 e. The number of nitrogens with zero attached hydrogens (tertiary/aromatic N) is 3. The standard InChI is InChI=1S/C23H26FN5O/c1-2-22-26-14-20(27-22)15-29-10-8-19(9-11-29)28-23(30)17-6-7-21(25-13-17)16-4-3-5-18(24)12-16/h3-7,12-14,19H,2,8-11,15H2,1H3,(H,26,27)(H,28,30). The number of nitrogens with one attached hydrogen (secondary N) is 2. The number of carbonyl (C=O) groups excluding carboxylic acids is 1. The van der Waals surface area contributed by atoms with E-state index in [1.165, 1.54) is 12.1 Å². The first-order chi connectivity index (χ1) is 14.6. The molecule has 7 heteroatoms. The largest absolute Gasteiger partial charge is 0.349 e. The molecule has 0 saturated carbocycles. The minimum absolute atomic E-state index is 0.118. The Labute approximate surface area is 175 Å². The van der Waals surface area contributed by atoms with E-state index in [0.29, 0.717) is 16.8 Å². The van der Waals surface area contributed by atoms with Crippen molar-refractivity contribution in [2.24, 2.45) is 0 Å². The molecule has 0 atom stereocenters. The molecule has 3 aromatic rings. The Bertz CT molecular complexity index is 993. The first-order valence-corrected chi connectivity index (χ1v) is 10.4. The number of piperidine rings is 1. The van der Waals surface area contributed by atoms with Crippen LogP contribution < -0.4 is 5.32 Å². The zero-order valence-electron chi connectivity index (χ0n) is 17.1. The van der Waals surface area contributed by atoms with Gasteiger partial charge in [-0.3, -0.25) is 14.7 Å². The van der Waals surface area contributed by atoms with Crippen LogP contribution in [0.15, 0.2) is 48.8 Å². The third kappa shape index (κ3) is 4.91. The fourth-order valence-corrected chi connectivity index (χ4v) is 3.76. The summed E-state index contributed by atoms with van der Waals surface area (Å²) in [7, 11) is 0. The molecule has 1 saturated heterocycles. The lowest BCUT2D eigenvalue weighted by Crippen LogP contribution is -2.44. The van der Waals surface area contributed by atoms with Crippen LogP contribution in [0.1, 0.15) is 41.6 Å². The fraction of sp³-hybridized carbons (Fsp3) is 0.348. The van der Waals surface area contributed by atoms with E-state index < -0.39 is 0 Å². The van der Waals surface area contributed by atoms with Gasteiger partial charge >= 0.3 is 0 Å². The monoisotopic (exact) mass is 407 g/mol. The Morgan fingerprint density at radius 1 is 1.20 bits per heavy atom. The van der Waals surface area contributed by atoms with Crippen LogP contribution in [0.5, 0.6) is 0 Å². The highest BCUT2D eigenvalue weighted by Gasteiger charge is 2.21. The average Bonchev–Trinajstić information content (AvgIpc) is 3.23. The number of likely N-dealkylation sites (tertiary alicyclic amines) is 1. The van der Waals surface area contributed by atoms with Gasteiger partial charge in [0.2, 0.25) is 0 Å². The van der Waals surface area contributed by atoms with E-state index in [0.717, 1.165) is 50.4 Å². The Kier molecular flexibility index (Phi) is 6.18. The molecule has 1 aliphatic rings. The molecule has 30 heavy (non-hydrogen) atoms. The van der Waals surface area contributed by atoms with Crippen LogP contribution in [-0.4, -0.2) is 44.9 Å². The molecular formula is C23H26FN5O. The highest BCUT2D eigenvalue weighted by atomic mass is 19.1. The summed E-state index contributed by atoms with van der Waals surface area (Å²) in [6.07, 6.45) is 6.19. The van der Waals surface area contributed by atoms with Gasteiger partial charge in [0.1, 0.15) is 11.6 Å². The third-order valence-corrected chi connectivity index (χ3v) is 5.48. The number of amides is 1. The van der Waals surface area contributed by atoms with Gasteiger partial charge in [-0.05, 0) is 37.1 Å². The van der Waals surface area contributed by atoms with Crippen LogP contribution in [0.25, 0.3) is 11.3 Å². The summed E-state index contributed by atoms with van der Waals surface area (Å²) in [6.45, 7) is 4.81. The summed E-state index contributed by atoms with van der Waals surface area (Å²) in [5.41, 5.74) is 2.99. The molecule has 0 bridgehead atoms. The Balaban J connectivity index is 1.28. The zero-order valence-corrected chi connectivity index (χ0v) is 17.1. The van der Waals surface area contributed by atoms with Crippen molar-refractivity contribution < 1.29 is 9.18 Å². The van der Waals surface area contributed by atoms with E-state index in [4.69, 9.17) is 0 Å². The number of hydrogen-bond acceptors (Lipinski definition) is 4. The number of halogens is 1. The maximum atomic E-state index is 13.4. The number of aromatic amines is 1. The van der Waals surface area contributed by atoms with Crippen LogP contribution in [0.2, 0.25) is 0 Å². The number of imidazole rings is 1. The number of H-pyrrole nitrogens is 1. The summed E-state index contributed by atoms with van der Waals surface area (Å²) in [6, 6.07) is 9.92. The molecular weight excluding hydrogens is 381 g/mol. The van der Waals surface area contributed by atoms with E-state index in [1.807, 2.05) is 6.20 Å². The summed E-state index contributed by atoms with van der Waals surface area (Å²) >= 11 is 0. The van der Waals surface area contributed by atoms with Crippen molar-refractivity contribution in [2.45, 2.75) is 38.8 Å². The molecule has 0 aliphatic carbocycles. The number of hydrogen-bond donors (Lipinski definition) is 2. The Morgan fingerprint density at radius 3 is 2.70 bits per heavy atom. The molecule has 1 aromatic carbocycles. The molecule has 0 radical (unpaired) electrons. The SMILES string of the molecule is CCc1ncc(CN2CCC(NC(=O)c3ccc(-c4cccc(F)c4)nc3)CC2)[nH]1. The maximum absolute atomic E-state index is 13.4. The van der Waals surface area contributed by atoms with Crippen LogP contribution in [0.4, 0.5) is 4.39 Å². The van der Waals surface area contributed by atoms with Crippen molar-refractivity contribution >= 4 is 5.91 Å². The van der Waals surface area contributed by atoms with E-state index in [-0.39, 0.29) is 17.8 Å². The summed E-state index contributed by atoms with van der Waals surface area (Å²) in [5.74, 6) is 0.595. The van der Waals surface area contributed by atoms with Crippen molar-refractivity contribution in [1.82, 2.24) is 25.2 Å². The highest BCUT2D eigenvalue weighted by molar-refractivity contribution is 5.94. The normalized spacial score (nSPS) is 15.3. The van der Waals surface area contributed by atoms with Gasteiger partial charge < -0.3 is 10.3 Å². The van der Waals surface area contributed by atoms with Crippen molar-refractivity contribution in [2.75, 3.05) is 13.1 Å². The van der Waals surface area contributed by atoms with Crippen molar-refractivity contribution in [3.05, 3.63) is 71.7 Å². The molecule has 0 unspecified atom stereocenters. The van der Waals surface area contributed by atoms with Crippen molar-refractivity contribution in [3.8, 4) is 11.3 Å². The van der Waals surface area contributed by atoms with Gasteiger partial charge in [-0.25, -0.2) is 9.37 Å².